The molecule has 1 aliphatic rings. The number of anilines is 2. The largest absolute Gasteiger partial charge is 0.465 e. The number of carboxylic acid groups (broad SMARTS) is 1. The predicted octanol–water partition coefficient (Wildman–Crippen LogP) is 5.17. The minimum Gasteiger partial charge on any atom is -0.465 e. The second kappa shape index (κ2) is 10.8. The van der Waals surface area contributed by atoms with E-state index in [4.69, 9.17) is 0 Å². The van der Waals surface area contributed by atoms with Gasteiger partial charge in [0.05, 0.1) is 17.0 Å². The number of aromatic nitrogens is 2. The molecule has 0 bridgehead atoms. The maximum atomic E-state index is 12.4. The Kier molecular flexibility index (Phi) is 7.56. The SMILES string of the molecule is CC(C)(C)C1[C@H](Nc2ncnc(N(Cc3ccccc3)Cc3ccccc3)c2[N+](=O)[O-])CCN1C(=O)O. The molecule has 1 fully saturated rings. The number of rotatable bonds is 8. The number of likely N-dealkylation sites (tertiary alicyclic amines) is 1. The maximum absolute atomic E-state index is 12.4. The molecule has 4 rings (SSSR count). The van der Waals surface area contributed by atoms with Crippen LogP contribution < -0.4 is 10.2 Å². The van der Waals surface area contributed by atoms with E-state index in [1.54, 1.807) is 0 Å². The van der Waals surface area contributed by atoms with Crippen LogP contribution in [0, 0.1) is 15.5 Å². The van der Waals surface area contributed by atoms with Gasteiger partial charge in [0.2, 0.25) is 11.6 Å². The van der Waals surface area contributed by atoms with Crippen LogP contribution in [-0.2, 0) is 13.1 Å². The highest BCUT2D eigenvalue weighted by molar-refractivity contribution is 5.71. The molecule has 0 radical (unpaired) electrons. The Bertz CT molecular complexity index is 1190. The summed E-state index contributed by atoms with van der Waals surface area (Å²) < 4.78 is 0. The number of amides is 1. The van der Waals surface area contributed by atoms with E-state index in [9.17, 15) is 20.0 Å². The van der Waals surface area contributed by atoms with Gasteiger partial charge in [0.25, 0.3) is 0 Å². The quantitative estimate of drug-likeness (QED) is 0.318. The average molecular weight is 505 g/mol. The van der Waals surface area contributed by atoms with Crippen molar-refractivity contribution < 1.29 is 14.8 Å². The topological polar surface area (TPSA) is 125 Å². The van der Waals surface area contributed by atoms with Gasteiger partial charge < -0.3 is 20.2 Å². The molecule has 0 saturated carbocycles. The van der Waals surface area contributed by atoms with Crippen molar-refractivity contribution in [3.05, 3.63) is 88.2 Å². The first-order chi connectivity index (χ1) is 17.6. The predicted molar refractivity (Wildman–Crippen MR) is 141 cm³/mol. The minimum atomic E-state index is -1.00. The molecule has 1 unspecified atom stereocenters. The molecule has 1 aromatic heterocycles. The number of hydrogen-bond donors (Lipinski definition) is 2. The molecule has 37 heavy (non-hydrogen) atoms. The third kappa shape index (κ3) is 5.96. The molecule has 194 valence electrons. The molecule has 2 aromatic carbocycles. The Morgan fingerprint density at radius 2 is 1.65 bits per heavy atom. The van der Waals surface area contributed by atoms with Gasteiger partial charge in [-0.1, -0.05) is 81.4 Å². The van der Waals surface area contributed by atoms with Crippen molar-refractivity contribution in [2.24, 2.45) is 5.41 Å². The fourth-order valence-corrected chi connectivity index (χ4v) is 5.09. The average Bonchev–Trinajstić information content (AvgIpc) is 3.29. The van der Waals surface area contributed by atoms with Gasteiger partial charge in [-0.2, -0.15) is 0 Å². The zero-order valence-electron chi connectivity index (χ0n) is 21.2. The zero-order chi connectivity index (χ0) is 26.6. The molecule has 1 amide bonds. The van der Waals surface area contributed by atoms with Gasteiger partial charge >= 0.3 is 11.8 Å². The normalized spacial score (nSPS) is 17.4. The molecule has 10 nitrogen and oxygen atoms in total. The smallest absolute Gasteiger partial charge is 0.407 e. The van der Waals surface area contributed by atoms with E-state index >= 15 is 0 Å². The fraction of sp³-hybridized carbons (Fsp3) is 0.370. The lowest BCUT2D eigenvalue weighted by Crippen LogP contribution is -2.49. The fourth-order valence-electron chi connectivity index (χ4n) is 5.09. The van der Waals surface area contributed by atoms with Crippen molar-refractivity contribution >= 4 is 23.4 Å². The Balaban J connectivity index is 1.73. The van der Waals surface area contributed by atoms with Crippen LogP contribution in [0.15, 0.2) is 67.0 Å². The van der Waals surface area contributed by atoms with Crippen molar-refractivity contribution in [2.45, 2.75) is 52.4 Å². The summed E-state index contributed by atoms with van der Waals surface area (Å²) in [7, 11) is 0. The summed E-state index contributed by atoms with van der Waals surface area (Å²) in [4.78, 5) is 35.7. The number of nitro groups is 1. The molecule has 2 N–H and O–H groups in total. The Labute approximate surface area is 216 Å². The Morgan fingerprint density at radius 3 is 2.14 bits per heavy atom. The molecule has 0 aliphatic carbocycles. The summed E-state index contributed by atoms with van der Waals surface area (Å²) in [5.41, 5.74) is 1.36. The van der Waals surface area contributed by atoms with Crippen LogP contribution in [0.25, 0.3) is 0 Å². The van der Waals surface area contributed by atoms with Crippen molar-refractivity contribution in [1.29, 1.82) is 0 Å². The van der Waals surface area contributed by atoms with Crippen molar-refractivity contribution in [1.82, 2.24) is 14.9 Å². The molecular formula is C27H32N6O4. The number of hydrogen-bond acceptors (Lipinski definition) is 7. The van der Waals surface area contributed by atoms with Crippen molar-refractivity contribution in [3.63, 3.8) is 0 Å². The van der Waals surface area contributed by atoms with Gasteiger partial charge in [-0.25, -0.2) is 14.8 Å². The number of nitrogens with one attached hydrogen (secondary N) is 1. The zero-order valence-corrected chi connectivity index (χ0v) is 21.2. The van der Waals surface area contributed by atoms with Crippen LogP contribution in [-0.4, -0.2) is 49.6 Å². The summed E-state index contributed by atoms with van der Waals surface area (Å²) in [6.07, 6.45) is 0.838. The standard InChI is InChI=1S/C27H32N6O4/c1-27(2,3)23-21(14-15-32(23)26(34)35)30-24-22(33(36)37)25(29-18-28-24)31(16-19-10-6-4-7-11-19)17-20-12-8-5-9-13-20/h4-13,18,21,23H,14-17H2,1-3H3,(H,34,35)(H,28,29,30)/t21-,23?/m1/s1. The molecule has 1 aliphatic heterocycles. The van der Waals surface area contributed by atoms with Crippen LogP contribution in [0.1, 0.15) is 38.3 Å². The van der Waals surface area contributed by atoms with E-state index in [2.05, 4.69) is 15.3 Å². The van der Waals surface area contributed by atoms with Crippen LogP contribution in [0.4, 0.5) is 22.1 Å². The second-order valence-corrected chi connectivity index (χ2v) is 10.3. The molecule has 2 heterocycles. The molecule has 10 heteroatoms. The molecule has 0 spiro atoms. The highest BCUT2D eigenvalue weighted by atomic mass is 16.6. The first kappa shape index (κ1) is 25.9. The molecule has 1 saturated heterocycles. The summed E-state index contributed by atoms with van der Waals surface area (Å²) >= 11 is 0. The van der Waals surface area contributed by atoms with Gasteiger partial charge in [0, 0.05) is 19.6 Å². The lowest BCUT2D eigenvalue weighted by Gasteiger charge is -2.37. The van der Waals surface area contributed by atoms with Crippen LogP contribution in [0.3, 0.4) is 0 Å². The van der Waals surface area contributed by atoms with Crippen LogP contribution in [0.5, 0.6) is 0 Å². The van der Waals surface area contributed by atoms with E-state index in [-0.39, 0.29) is 34.8 Å². The monoisotopic (exact) mass is 504 g/mol. The van der Waals surface area contributed by atoms with Gasteiger partial charge in [-0.15, -0.1) is 0 Å². The van der Waals surface area contributed by atoms with Gasteiger partial charge in [0.1, 0.15) is 6.33 Å². The Hall–Kier alpha value is -4.21. The van der Waals surface area contributed by atoms with Gasteiger partial charge in [0.15, 0.2) is 0 Å². The highest BCUT2D eigenvalue weighted by Crippen LogP contribution is 2.38. The summed E-state index contributed by atoms with van der Waals surface area (Å²) in [6, 6.07) is 18.7. The number of carbonyl (C=O) groups is 1. The molecule has 2 atom stereocenters. The van der Waals surface area contributed by atoms with Crippen LogP contribution >= 0.6 is 0 Å². The maximum Gasteiger partial charge on any atom is 0.407 e. The highest BCUT2D eigenvalue weighted by Gasteiger charge is 2.45. The van der Waals surface area contributed by atoms with E-state index in [0.717, 1.165) is 11.1 Å². The summed E-state index contributed by atoms with van der Waals surface area (Å²) in [6.45, 7) is 7.06. The lowest BCUT2D eigenvalue weighted by atomic mass is 9.82. The molecule has 3 aromatic rings. The third-order valence-corrected chi connectivity index (χ3v) is 6.57. The van der Waals surface area contributed by atoms with E-state index in [1.807, 2.05) is 86.3 Å². The first-order valence-corrected chi connectivity index (χ1v) is 12.2. The van der Waals surface area contributed by atoms with Gasteiger partial charge in [-0.05, 0) is 23.0 Å². The first-order valence-electron chi connectivity index (χ1n) is 12.2. The van der Waals surface area contributed by atoms with E-state index < -0.39 is 11.0 Å². The third-order valence-electron chi connectivity index (χ3n) is 6.57. The van der Waals surface area contributed by atoms with Crippen molar-refractivity contribution in [3.8, 4) is 0 Å². The summed E-state index contributed by atoms with van der Waals surface area (Å²) in [5, 5.41) is 25.4. The number of nitrogens with zero attached hydrogens (tertiary/aromatic N) is 5. The van der Waals surface area contributed by atoms with E-state index in [1.165, 1.54) is 11.2 Å². The van der Waals surface area contributed by atoms with Crippen LogP contribution in [0.2, 0.25) is 0 Å². The lowest BCUT2D eigenvalue weighted by molar-refractivity contribution is -0.383. The van der Waals surface area contributed by atoms with E-state index in [0.29, 0.717) is 26.1 Å². The Morgan fingerprint density at radius 1 is 1.08 bits per heavy atom. The number of benzene rings is 2. The second-order valence-electron chi connectivity index (χ2n) is 10.3. The molecular weight excluding hydrogens is 472 g/mol. The van der Waals surface area contributed by atoms with Crippen molar-refractivity contribution in [2.75, 3.05) is 16.8 Å². The minimum absolute atomic E-state index is 0.0904. The van der Waals surface area contributed by atoms with Gasteiger partial charge in [-0.3, -0.25) is 10.1 Å². The summed E-state index contributed by atoms with van der Waals surface area (Å²) in [5.74, 6) is 0.295.